The first-order valence-electron chi connectivity index (χ1n) is 6.19. The molecule has 1 aromatic carbocycles. The Kier molecular flexibility index (Phi) is 3.86. The third kappa shape index (κ3) is 2.70. The number of hydrogen-bond acceptors (Lipinski definition) is 4. The number of ether oxygens (including phenoxy) is 1. The monoisotopic (exact) mass is 299 g/mol. The standard InChI is InChI=1S/C13H17NO5S/c1-13(2)9-19-8-7-14(13)20(17,18)11-5-3-10(4-6-11)12(15)16/h3-6H,7-9H2,1-2H3,(H,15,16). The van der Waals surface area contributed by atoms with Gasteiger partial charge in [-0.15, -0.1) is 0 Å². The van der Waals surface area contributed by atoms with E-state index in [-0.39, 0.29) is 17.0 Å². The molecule has 20 heavy (non-hydrogen) atoms. The molecule has 110 valence electrons. The molecule has 0 saturated carbocycles. The maximum atomic E-state index is 12.6. The van der Waals surface area contributed by atoms with Crippen LogP contribution in [0.25, 0.3) is 0 Å². The van der Waals surface area contributed by atoms with E-state index in [2.05, 4.69) is 0 Å². The third-order valence-electron chi connectivity index (χ3n) is 3.26. The van der Waals surface area contributed by atoms with E-state index in [9.17, 15) is 13.2 Å². The first-order valence-corrected chi connectivity index (χ1v) is 7.63. The fourth-order valence-corrected chi connectivity index (χ4v) is 3.94. The van der Waals surface area contributed by atoms with Gasteiger partial charge in [0.1, 0.15) is 0 Å². The van der Waals surface area contributed by atoms with Gasteiger partial charge in [0.2, 0.25) is 10.0 Å². The maximum Gasteiger partial charge on any atom is 0.335 e. The van der Waals surface area contributed by atoms with E-state index < -0.39 is 21.5 Å². The summed E-state index contributed by atoms with van der Waals surface area (Å²) in [5, 5.41) is 8.83. The van der Waals surface area contributed by atoms with E-state index in [0.29, 0.717) is 13.2 Å². The minimum atomic E-state index is -3.65. The first kappa shape index (κ1) is 15.0. The average molecular weight is 299 g/mol. The summed E-state index contributed by atoms with van der Waals surface area (Å²) in [6.45, 7) is 4.58. The van der Waals surface area contributed by atoms with Crippen molar-refractivity contribution in [2.75, 3.05) is 19.8 Å². The van der Waals surface area contributed by atoms with E-state index >= 15 is 0 Å². The number of morpholine rings is 1. The highest BCUT2D eigenvalue weighted by molar-refractivity contribution is 7.89. The molecule has 6 nitrogen and oxygen atoms in total. The van der Waals surface area contributed by atoms with Gasteiger partial charge in [0.05, 0.1) is 29.2 Å². The highest BCUT2D eigenvalue weighted by atomic mass is 32.2. The summed E-state index contributed by atoms with van der Waals surface area (Å²) < 4.78 is 31.9. The van der Waals surface area contributed by atoms with Crippen LogP contribution in [0.15, 0.2) is 29.2 Å². The van der Waals surface area contributed by atoms with E-state index in [4.69, 9.17) is 9.84 Å². The van der Waals surface area contributed by atoms with E-state index in [1.165, 1.54) is 28.6 Å². The van der Waals surface area contributed by atoms with Crippen molar-refractivity contribution in [1.29, 1.82) is 0 Å². The lowest BCUT2D eigenvalue weighted by atomic mass is 10.1. The summed E-state index contributed by atoms with van der Waals surface area (Å²) in [4.78, 5) is 10.9. The lowest BCUT2D eigenvalue weighted by molar-refractivity contribution is -0.00771. The van der Waals surface area contributed by atoms with Crippen LogP contribution in [0.5, 0.6) is 0 Å². The smallest absolute Gasteiger partial charge is 0.335 e. The summed E-state index contributed by atoms with van der Waals surface area (Å²) in [7, 11) is -3.65. The fraction of sp³-hybridized carbons (Fsp3) is 0.462. The molecule has 1 aliphatic heterocycles. The Labute approximate surface area is 118 Å². The summed E-state index contributed by atoms with van der Waals surface area (Å²) in [5.74, 6) is -1.08. The largest absolute Gasteiger partial charge is 0.478 e. The van der Waals surface area contributed by atoms with Crippen molar-refractivity contribution in [2.24, 2.45) is 0 Å². The Hall–Kier alpha value is -1.44. The van der Waals surface area contributed by atoms with Gasteiger partial charge >= 0.3 is 5.97 Å². The molecule has 0 spiro atoms. The topological polar surface area (TPSA) is 83.9 Å². The molecule has 1 aliphatic rings. The van der Waals surface area contributed by atoms with Crippen LogP contribution in [-0.2, 0) is 14.8 Å². The molecule has 0 radical (unpaired) electrons. The summed E-state index contributed by atoms with van der Waals surface area (Å²) >= 11 is 0. The van der Waals surface area contributed by atoms with Crippen molar-refractivity contribution in [1.82, 2.24) is 4.31 Å². The lowest BCUT2D eigenvalue weighted by Crippen LogP contribution is -2.55. The van der Waals surface area contributed by atoms with Crippen molar-refractivity contribution in [3.05, 3.63) is 29.8 Å². The number of aromatic carboxylic acids is 1. The van der Waals surface area contributed by atoms with Crippen LogP contribution in [0.2, 0.25) is 0 Å². The minimum absolute atomic E-state index is 0.0604. The molecule has 1 heterocycles. The van der Waals surface area contributed by atoms with Gasteiger partial charge in [0, 0.05) is 6.54 Å². The first-order chi connectivity index (χ1) is 9.25. The molecular formula is C13H17NO5S. The van der Waals surface area contributed by atoms with Crippen molar-refractivity contribution in [3.8, 4) is 0 Å². The summed E-state index contributed by atoms with van der Waals surface area (Å²) in [6, 6.07) is 5.24. The zero-order valence-corrected chi connectivity index (χ0v) is 12.2. The molecule has 7 heteroatoms. The predicted octanol–water partition coefficient (Wildman–Crippen LogP) is 1.18. The zero-order chi connectivity index (χ0) is 15.0. The van der Waals surface area contributed by atoms with Gasteiger partial charge in [-0.25, -0.2) is 13.2 Å². The van der Waals surface area contributed by atoms with Crippen molar-refractivity contribution in [3.63, 3.8) is 0 Å². The molecular weight excluding hydrogens is 282 g/mol. The second-order valence-corrected chi connectivity index (χ2v) is 7.13. The van der Waals surface area contributed by atoms with Crippen LogP contribution < -0.4 is 0 Å². The van der Waals surface area contributed by atoms with Gasteiger partial charge < -0.3 is 9.84 Å². The van der Waals surface area contributed by atoms with Gasteiger partial charge in [0.25, 0.3) is 0 Å². The third-order valence-corrected chi connectivity index (χ3v) is 5.38. The quantitative estimate of drug-likeness (QED) is 0.906. The van der Waals surface area contributed by atoms with E-state index in [0.717, 1.165) is 0 Å². The number of rotatable bonds is 3. The Bertz CT molecular complexity index is 606. The van der Waals surface area contributed by atoms with Gasteiger partial charge in [-0.3, -0.25) is 0 Å². The molecule has 2 rings (SSSR count). The van der Waals surface area contributed by atoms with Gasteiger partial charge in [0.15, 0.2) is 0 Å². The van der Waals surface area contributed by atoms with Crippen molar-refractivity contribution >= 4 is 16.0 Å². The Morgan fingerprint density at radius 1 is 1.30 bits per heavy atom. The zero-order valence-electron chi connectivity index (χ0n) is 11.4. The highest BCUT2D eigenvalue weighted by Crippen LogP contribution is 2.27. The van der Waals surface area contributed by atoms with Crippen LogP contribution in [0.1, 0.15) is 24.2 Å². The van der Waals surface area contributed by atoms with Gasteiger partial charge in [-0.2, -0.15) is 4.31 Å². The molecule has 0 amide bonds. The van der Waals surface area contributed by atoms with E-state index in [1.54, 1.807) is 13.8 Å². The number of sulfonamides is 1. The Morgan fingerprint density at radius 2 is 1.90 bits per heavy atom. The Balaban J connectivity index is 2.36. The number of carboxylic acid groups (broad SMARTS) is 1. The number of nitrogens with zero attached hydrogens (tertiary/aromatic N) is 1. The van der Waals surface area contributed by atoms with Crippen LogP contribution in [0.3, 0.4) is 0 Å². The van der Waals surface area contributed by atoms with Crippen LogP contribution in [0.4, 0.5) is 0 Å². The highest BCUT2D eigenvalue weighted by Gasteiger charge is 2.39. The number of hydrogen-bond donors (Lipinski definition) is 1. The maximum absolute atomic E-state index is 12.6. The van der Waals surface area contributed by atoms with Gasteiger partial charge in [-0.1, -0.05) is 0 Å². The number of carbonyl (C=O) groups is 1. The van der Waals surface area contributed by atoms with Crippen LogP contribution in [0, 0.1) is 0 Å². The Morgan fingerprint density at radius 3 is 2.40 bits per heavy atom. The van der Waals surface area contributed by atoms with Crippen molar-refractivity contribution < 1.29 is 23.1 Å². The molecule has 1 saturated heterocycles. The molecule has 0 atom stereocenters. The predicted molar refractivity (Wildman–Crippen MR) is 72.2 cm³/mol. The summed E-state index contributed by atoms with van der Waals surface area (Å²) in [5.41, 5.74) is -0.562. The van der Waals surface area contributed by atoms with Crippen LogP contribution in [-0.4, -0.2) is 49.1 Å². The van der Waals surface area contributed by atoms with Crippen molar-refractivity contribution in [2.45, 2.75) is 24.3 Å². The lowest BCUT2D eigenvalue weighted by Gasteiger charge is -2.40. The second kappa shape index (κ2) is 5.16. The molecule has 0 aromatic heterocycles. The van der Waals surface area contributed by atoms with Crippen LogP contribution >= 0.6 is 0 Å². The molecule has 0 bridgehead atoms. The number of carboxylic acids is 1. The molecule has 0 unspecified atom stereocenters. The second-order valence-electron chi connectivity index (χ2n) is 5.27. The average Bonchev–Trinajstić information content (AvgIpc) is 2.38. The number of benzene rings is 1. The minimum Gasteiger partial charge on any atom is -0.478 e. The summed E-state index contributed by atoms with van der Waals surface area (Å²) in [6.07, 6.45) is 0. The van der Waals surface area contributed by atoms with E-state index in [1.807, 2.05) is 0 Å². The fourth-order valence-electron chi connectivity index (χ4n) is 2.19. The molecule has 1 fully saturated rings. The normalized spacial score (nSPS) is 19.7. The molecule has 1 N–H and O–H groups in total. The molecule has 1 aromatic rings. The molecule has 0 aliphatic carbocycles. The SMILES string of the molecule is CC1(C)COCCN1S(=O)(=O)c1ccc(C(=O)O)cc1. The van der Waals surface area contributed by atoms with Gasteiger partial charge in [-0.05, 0) is 38.1 Å².